The van der Waals surface area contributed by atoms with Crippen molar-refractivity contribution in [3.8, 4) is 5.75 Å². The Bertz CT molecular complexity index is 434. The molecule has 1 heterocycles. The van der Waals surface area contributed by atoms with Gasteiger partial charge in [-0.15, -0.1) is 0 Å². The summed E-state index contributed by atoms with van der Waals surface area (Å²) in [6.45, 7) is 6.28. The van der Waals surface area contributed by atoms with Gasteiger partial charge in [-0.1, -0.05) is 6.42 Å². The zero-order chi connectivity index (χ0) is 14.5. The number of hydrogen-bond donors (Lipinski definition) is 2. The van der Waals surface area contributed by atoms with Crippen LogP contribution < -0.4 is 10.5 Å². The van der Waals surface area contributed by atoms with Gasteiger partial charge in [-0.2, -0.15) is 0 Å². The first-order valence-electron chi connectivity index (χ1n) is 7.41. The Morgan fingerprint density at radius 2 is 1.85 bits per heavy atom. The van der Waals surface area contributed by atoms with Gasteiger partial charge in [-0.3, -0.25) is 10.3 Å². The smallest absolute Gasteiger partial charge is 0.122 e. The number of amidine groups is 1. The number of benzene rings is 1. The van der Waals surface area contributed by atoms with Crippen LogP contribution in [0.2, 0.25) is 0 Å². The third kappa shape index (κ3) is 3.73. The molecule has 1 aliphatic rings. The van der Waals surface area contributed by atoms with Gasteiger partial charge in [0.2, 0.25) is 0 Å². The Balaban J connectivity index is 1.81. The van der Waals surface area contributed by atoms with Gasteiger partial charge in [-0.25, -0.2) is 0 Å². The van der Waals surface area contributed by atoms with E-state index in [2.05, 4.69) is 18.7 Å². The molecular weight excluding hydrogens is 250 g/mol. The maximum Gasteiger partial charge on any atom is 0.122 e. The molecule has 0 spiro atoms. The average molecular weight is 275 g/mol. The standard InChI is InChI=1S/C16H25N3O/c1-12-4-3-5-13(2)19(12)10-11-20-15-8-6-14(7-9-15)16(17)18/h6-9,12-13H,3-5,10-11H2,1-2H3,(H3,17,18)/t12-,13+. The van der Waals surface area contributed by atoms with Crippen molar-refractivity contribution in [1.82, 2.24) is 4.90 Å². The van der Waals surface area contributed by atoms with Crippen LogP contribution in [0.25, 0.3) is 0 Å². The Morgan fingerprint density at radius 3 is 2.40 bits per heavy atom. The molecule has 0 aliphatic carbocycles. The van der Waals surface area contributed by atoms with E-state index in [1.165, 1.54) is 19.3 Å². The molecule has 1 fully saturated rings. The first-order chi connectivity index (χ1) is 9.58. The van der Waals surface area contributed by atoms with Crippen LogP contribution in [0, 0.1) is 5.41 Å². The van der Waals surface area contributed by atoms with E-state index in [4.69, 9.17) is 15.9 Å². The minimum Gasteiger partial charge on any atom is -0.492 e. The Labute approximate surface area is 121 Å². The zero-order valence-corrected chi connectivity index (χ0v) is 12.4. The number of nitrogens with one attached hydrogen (secondary N) is 1. The number of nitrogens with zero attached hydrogens (tertiary/aromatic N) is 1. The van der Waals surface area contributed by atoms with Crippen molar-refractivity contribution in [3.05, 3.63) is 29.8 Å². The number of likely N-dealkylation sites (tertiary alicyclic amines) is 1. The van der Waals surface area contributed by atoms with Crippen LogP contribution in [-0.2, 0) is 0 Å². The Morgan fingerprint density at radius 1 is 1.25 bits per heavy atom. The normalized spacial score (nSPS) is 23.5. The second-order valence-electron chi connectivity index (χ2n) is 5.65. The van der Waals surface area contributed by atoms with Crippen LogP contribution in [0.15, 0.2) is 24.3 Å². The summed E-state index contributed by atoms with van der Waals surface area (Å²) in [6, 6.07) is 8.71. The molecule has 1 saturated heterocycles. The lowest BCUT2D eigenvalue weighted by molar-refractivity contribution is 0.0851. The number of nitrogen functional groups attached to an aromatic ring is 1. The first-order valence-corrected chi connectivity index (χ1v) is 7.41. The molecular formula is C16H25N3O. The van der Waals surface area contributed by atoms with Crippen LogP contribution >= 0.6 is 0 Å². The molecule has 0 radical (unpaired) electrons. The number of nitrogens with two attached hydrogens (primary N) is 1. The minimum atomic E-state index is 0.0903. The molecule has 20 heavy (non-hydrogen) atoms. The first kappa shape index (κ1) is 14.9. The van der Waals surface area contributed by atoms with Gasteiger partial charge in [0.1, 0.15) is 18.2 Å². The summed E-state index contributed by atoms with van der Waals surface area (Å²) < 4.78 is 5.79. The summed E-state index contributed by atoms with van der Waals surface area (Å²) in [5.74, 6) is 0.930. The van der Waals surface area contributed by atoms with E-state index in [-0.39, 0.29) is 5.84 Å². The molecule has 2 rings (SSSR count). The largest absolute Gasteiger partial charge is 0.492 e. The lowest BCUT2D eigenvalue weighted by Gasteiger charge is -2.38. The molecule has 0 bridgehead atoms. The van der Waals surface area contributed by atoms with E-state index >= 15 is 0 Å². The lowest BCUT2D eigenvalue weighted by Crippen LogP contribution is -2.45. The van der Waals surface area contributed by atoms with Crippen LogP contribution in [0.1, 0.15) is 38.7 Å². The second kappa shape index (κ2) is 6.75. The molecule has 4 nitrogen and oxygen atoms in total. The molecule has 4 heteroatoms. The van der Waals surface area contributed by atoms with Crippen LogP contribution in [0.4, 0.5) is 0 Å². The van der Waals surface area contributed by atoms with E-state index in [9.17, 15) is 0 Å². The Hall–Kier alpha value is -1.55. The SMILES string of the molecule is C[C@@H]1CCC[C@H](C)N1CCOc1ccc(C(=N)N)cc1. The fraction of sp³-hybridized carbons (Fsp3) is 0.562. The molecule has 110 valence electrons. The van der Waals surface area contributed by atoms with E-state index in [1.807, 2.05) is 24.3 Å². The zero-order valence-electron chi connectivity index (χ0n) is 12.4. The fourth-order valence-corrected chi connectivity index (χ4v) is 2.92. The summed E-state index contributed by atoms with van der Waals surface area (Å²) in [4.78, 5) is 2.54. The molecule has 0 aromatic heterocycles. The number of rotatable bonds is 5. The highest BCUT2D eigenvalue weighted by Gasteiger charge is 2.23. The van der Waals surface area contributed by atoms with Crippen molar-refractivity contribution in [2.75, 3.05) is 13.2 Å². The summed E-state index contributed by atoms with van der Waals surface area (Å²) in [7, 11) is 0. The quantitative estimate of drug-likeness (QED) is 0.641. The van der Waals surface area contributed by atoms with E-state index in [1.54, 1.807) is 0 Å². The van der Waals surface area contributed by atoms with Crippen LogP contribution in [0.5, 0.6) is 5.75 Å². The predicted octanol–water partition coefficient (Wildman–Crippen LogP) is 2.61. The van der Waals surface area contributed by atoms with Gasteiger partial charge in [0.15, 0.2) is 0 Å². The lowest BCUT2D eigenvalue weighted by atomic mass is 9.98. The van der Waals surface area contributed by atoms with Gasteiger partial charge >= 0.3 is 0 Å². The maximum absolute atomic E-state index is 7.35. The van der Waals surface area contributed by atoms with E-state index in [0.717, 1.165) is 17.9 Å². The second-order valence-corrected chi connectivity index (χ2v) is 5.65. The monoisotopic (exact) mass is 275 g/mol. The summed E-state index contributed by atoms with van der Waals surface area (Å²) >= 11 is 0. The highest BCUT2D eigenvalue weighted by molar-refractivity contribution is 5.94. The molecule has 0 amide bonds. The van der Waals surface area contributed by atoms with E-state index in [0.29, 0.717) is 18.7 Å². The minimum absolute atomic E-state index is 0.0903. The van der Waals surface area contributed by atoms with Crippen molar-refractivity contribution in [2.24, 2.45) is 5.73 Å². The van der Waals surface area contributed by atoms with Gasteiger partial charge in [0.05, 0.1) is 0 Å². The van der Waals surface area contributed by atoms with Gasteiger partial charge in [0.25, 0.3) is 0 Å². The summed E-state index contributed by atoms with van der Waals surface area (Å²) in [5.41, 5.74) is 6.16. The highest BCUT2D eigenvalue weighted by Crippen LogP contribution is 2.22. The van der Waals surface area contributed by atoms with Crippen molar-refractivity contribution in [1.29, 1.82) is 5.41 Å². The van der Waals surface area contributed by atoms with Gasteiger partial charge < -0.3 is 10.5 Å². The van der Waals surface area contributed by atoms with Crippen molar-refractivity contribution < 1.29 is 4.74 Å². The molecule has 0 unspecified atom stereocenters. The number of hydrogen-bond acceptors (Lipinski definition) is 3. The van der Waals surface area contributed by atoms with Crippen molar-refractivity contribution in [2.45, 2.75) is 45.2 Å². The number of piperidine rings is 1. The molecule has 0 saturated carbocycles. The highest BCUT2D eigenvalue weighted by atomic mass is 16.5. The third-order valence-electron chi connectivity index (χ3n) is 4.16. The van der Waals surface area contributed by atoms with Gasteiger partial charge in [-0.05, 0) is 51.0 Å². The van der Waals surface area contributed by atoms with E-state index < -0.39 is 0 Å². The predicted molar refractivity (Wildman–Crippen MR) is 82.4 cm³/mol. The van der Waals surface area contributed by atoms with Crippen molar-refractivity contribution >= 4 is 5.84 Å². The van der Waals surface area contributed by atoms with Crippen LogP contribution in [0.3, 0.4) is 0 Å². The molecule has 1 aromatic carbocycles. The van der Waals surface area contributed by atoms with Gasteiger partial charge in [0, 0.05) is 24.2 Å². The Kier molecular flexibility index (Phi) is 5.01. The fourth-order valence-electron chi connectivity index (χ4n) is 2.92. The third-order valence-corrected chi connectivity index (χ3v) is 4.16. The topological polar surface area (TPSA) is 62.3 Å². The molecule has 1 aromatic rings. The maximum atomic E-state index is 7.35. The molecule has 3 N–H and O–H groups in total. The summed E-state index contributed by atoms with van der Waals surface area (Å²) in [6.07, 6.45) is 3.92. The van der Waals surface area contributed by atoms with Crippen LogP contribution in [-0.4, -0.2) is 36.0 Å². The number of ether oxygens (including phenoxy) is 1. The average Bonchev–Trinajstić information content (AvgIpc) is 2.42. The molecule has 1 aliphatic heterocycles. The van der Waals surface area contributed by atoms with Crippen molar-refractivity contribution in [3.63, 3.8) is 0 Å². The molecule has 2 atom stereocenters. The summed E-state index contributed by atoms with van der Waals surface area (Å²) in [5, 5.41) is 7.35.